The van der Waals surface area contributed by atoms with E-state index in [1.807, 2.05) is 0 Å². The van der Waals surface area contributed by atoms with E-state index in [9.17, 15) is 9.59 Å². The maximum absolute atomic E-state index is 11.0. The minimum absolute atomic E-state index is 0.235. The summed E-state index contributed by atoms with van der Waals surface area (Å²) in [6, 6.07) is 2.99. The first-order valence-electron chi connectivity index (χ1n) is 4.37. The molecule has 0 aromatic carbocycles. The second kappa shape index (κ2) is 5.04. The first kappa shape index (κ1) is 11.1. The van der Waals surface area contributed by atoms with Crippen LogP contribution in [0.15, 0.2) is 16.5 Å². The third-order valence-corrected chi connectivity index (χ3v) is 1.62. The maximum Gasteiger partial charge on any atom is 0.323 e. The Morgan fingerprint density at radius 2 is 2.13 bits per heavy atom. The Morgan fingerprint density at radius 3 is 2.67 bits per heavy atom. The summed E-state index contributed by atoms with van der Waals surface area (Å²) in [5.74, 6) is 0.301. The normalized spacial score (nSPS) is 9.67. The predicted molar refractivity (Wildman–Crippen MR) is 51.3 cm³/mol. The number of amides is 2. The van der Waals surface area contributed by atoms with Gasteiger partial charge in [-0.3, -0.25) is 4.79 Å². The van der Waals surface area contributed by atoms with E-state index < -0.39 is 18.5 Å². The molecule has 6 heteroatoms. The van der Waals surface area contributed by atoms with Crippen LogP contribution in [0, 0.1) is 6.92 Å². The molecule has 1 heterocycles. The topological polar surface area (TPSA) is 91.6 Å². The van der Waals surface area contributed by atoms with Gasteiger partial charge in [0.2, 0.25) is 0 Å². The van der Waals surface area contributed by atoms with Crippen molar-refractivity contribution >= 4 is 12.0 Å². The average Bonchev–Trinajstić information content (AvgIpc) is 2.58. The summed E-state index contributed by atoms with van der Waals surface area (Å²) in [5, 5.41) is 12.9. The molecular formula is C9H12N2O4. The van der Waals surface area contributed by atoms with Crippen LogP contribution in [-0.4, -0.2) is 23.7 Å². The van der Waals surface area contributed by atoms with Crippen molar-refractivity contribution in [1.82, 2.24) is 10.6 Å². The Morgan fingerprint density at radius 1 is 1.40 bits per heavy atom. The van der Waals surface area contributed by atoms with Gasteiger partial charge in [-0.05, 0) is 19.1 Å². The number of aryl methyl sites for hydroxylation is 1. The molecule has 0 saturated heterocycles. The quantitative estimate of drug-likeness (QED) is 0.676. The molecule has 0 spiro atoms. The number of furan rings is 1. The van der Waals surface area contributed by atoms with Crippen molar-refractivity contribution in [2.24, 2.45) is 0 Å². The van der Waals surface area contributed by atoms with E-state index in [2.05, 4.69) is 10.6 Å². The van der Waals surface area contributed by atoms with Crippen LogP contribution in [0.25, 0.3) is 0 Å². The van der Waals surface area contributed by atoms with Crippen LogP contribution in [-0.2, 0) is 11.3 Å². The van der Waals surface area contributed by atoms with Gasteiger partial charge < -0.3 is 20.2 Å². The summed E-state index contributed by atoms with van der Waals surface area (Å²) < 4.78 is 5.20. The van der Waals surface area contributed by atoms with E-state index in [4.69, 9.17) is 9.52 Å². The molecule has 0 fully saturated rings. The molecule has 0 atom stereocenters. The number of hydrogen-bond donors (Lipinski definition) is 3. The van der Waals surface area contributed by atoms with Crippen LogP contribution in [0.1, 0.15) is 11.5 Å². The summed E-state index contributed by atoms with van der Waals surface area (Å²) in [4.78, 5) is 21.1. The van der Waals surface area contributed by atoms with Crippen molar-refractivity contribution in [3.8, 4) is 0 Å². The average molecular weight is 212 g/mol. The van der Waals surface area contributed by atoms with Gasteiger partial charge in [-0.2, -0.15) is 0 Å². The Bertz CT molecular complexity index is 359. The molecule has 1 aromatic rings. The standard InChI is InChI=1S/C9H12N2O4/c1-6-2-3-7(15-6)4-10-9(14)11-5-8(12)13/h2-3H,4-5H2,1H3,(H,12,13)(H2,10,11,14). The smallest absolute Gasteiger partial charge is 0.323 e. The number of aliphatic carboxylic acids is 1. The Hall–Kier alpha value is -1.98. The molecule has 1 rings (SSSR count). The molecule has 2 amide bonds. The predicted octanol–water partition coefficient (Wildman–Crippen LogP) is 0.472. The second-order valence-electron chi connectivity index (χ2n) is 2.94. The van der Waals surface area contributed by atoms with E-state index in [1.165, 1.54) is 0 Å². The molecule has 0 radical (unpaired) electrons. The lowest BCUT2D eigenvalue weighted by Gasteiger charge is -2.03. The van der Waals surface area contributed by atoms with E-state index in [0.717, 1.165) is 5.76 Å². The lowest BCUT2D eigenvalue weighted by Crippen LogP contribution is -2.37. The van der Waals surface area contributed by atoms with Crippen LogP contribution in [0.2, 0.25) is 0 Å². The molecule has 0 bridgehead atoms. The van der Waals surface area contributed by atoms with Crippen LogP contribution in [0.3, 0.4) is 0 Å². The van der Waals surface area contributed by atoms with E-state index >= 15 is 0 Å². The lowest BCUT2D eigenvalue weighted by molar-refractivity contribution is -0.135. The van der Waals surface area contributed by atoms with Gasteiger partial charge in [-0.15, -0.1) is 0 Å². The molecule has 0 aliphatic heterocycles. The molecule has 0 aliphatic rings. The van der Waals surface area contributed by atoms with Crippen molar-refractivity contribution in [3.63, 3.8) is 0 Å². The fourth-order valence-electron chi connectivity index (χ4n) is 0.966. The molecule has 1 aromatic heterocycles. The number of carbonyl (C=O) groups is 2. The second-order valence-corrected chi connectivity index (χ2v) is 2.94. The number of rotatable bonds is 4. The van der Waals surface area contributed by atoms with Crippen LogP contribution in [0.4, 0.5) is 4.79 Å². The monoisotopic (exact) mass is 212 g/mol. The molecule has 0 unspecified atom stereocenters. The molecule has 15 heavy (non-hydrogen) atoms. The number of nitrogens with one attached hydrogen (secondary N) is 2. The van der Waals surface area contributed by atoms with Gasteiger partial charge in [0, 0.05) is 0 Å². The zero-order valence-electron chi connectivity index (χ0n) is 8.24. The number of carbonyl (C=O) groups excluding carboxylic acids is 1. The van der Waals surface area contributed by atoms with Gasteiger partial charge in [0.15, 0.2) is 0 Å². The molecular weight excluding hydrogens is 200 g/mol. The number of carboxylic acids is 1. The summed E-state index contributed by atoms with van der Waals surface area (Å²) in [6.45, 7) is 1.64. The third kappa shape index (κ3) is 4.17. The van der Waals surface area contributed by atoms with Crippen molar-refractivity contribution in [3.05, 3.63) is 23.7 Å². The third-order valence-electron chi connectivity index (χ3n) is 1.62. The molecule has 82 valence electrons. The largest absolute Gasteiger partial charge is 0.480 e. The zero-order chi connectivity index (χ0) is 11.3. The summed E-state index contributed by atoms with van der Waals surface area (Å²) in [5.41, 5.74) is 0. The van der Waals surface area contributed by atoms with Crippen molar-refractivity contribution in [2.45, 2.75) is 13.5 Å². The fourth-order valence-corrected chi connectivity index (χ4v) is 0.966. The Labute approximate surface area is 86.3 Å². The van der Waals surface area contributed by atoms with E-state index in [-0.39, 0.29) is 6.54 Å². The van der Waals surface area contributed by atoms with E-state index in [0.29, 0.717) is 5.76 Å². The highest BCUT2D eigenvalue weighted by atomic mass is 16.4. The fraction of sp³-hybridized carbons (Fsp3) is 0.333. The number of carboxylic acid groups (broad SMARTS) is 1. The summed E-state index contributed by atoms with van der Waals surface area (Å²) in [7, 11) is 0. The highest BCUT2D eigenvalue weighted by molar-refractivity contribution is 5.79. The van der Waals surface area contributed by atoms with Gasteiger partial charge in [-0.25, -0.2) is 4.79 Å². The minimum atomic E-state index is -1.08. The Balaban J connectivity index is 2.25. The van der Waals surface area contributed by atoms with Crippen LogP contribution in [0.5, 0.6) is 0 Å². The molecule has 0 aliphatic carbocycles. The van der Waals surface area contributed by atoms with Crippen molar-refractivity contribution < 1.29 is 19.1 Å². The highest BCUT2D eigenvalue weighted by Crippen LogP contribution is 2.04. The lowest BCUT2D eigenvalue weighted by atomic mass is 10.4. The van der Waals surface area contributed by atoms with Crippen molar-refractivity contribution in [1.29, 1.82) is 0 Å². The van der Waals surface area contributed by atoms with Crippen LogP contribution >= 0.6 is 0 Å². The van der Waals surface area contributed by atoms with Gasteiger partial charge in [0.25, 0.3) is 0 Å². The summed E-state index contributed by atoms with van der Waals surface area (Å²) >= 11 is 0. The first-order valence-corrected chi connectivity index (χ1v) is 4.37. The molecule has 3 N–H and O–H groups in total. The highest BCUT2D eigenvalue weighted by Gasteiger charge is 2.04. The van der Waals surface area contributed by atoms with Gasteiger partial charge in [0.05, 0.1) is 6.54 Å². The van der Waals surface area contributed by atoms with Gasteiger partial charge in [0.1, 0.15) is 18.1 Å². The SMILES string of the molecule is Cc1ccc(CNC(=O)NCC(=O)O)o1. The zero-order valence-corrected chi connectivity index (χ0v) is 8.24. The number of urea groups is 1. The van der Waals surface area contributed by atoms with Crippen LogP contribution < -0.4 is 10.6 Å². The number of hydrogen-bond acceptors (Lipinski definition) is 3. The van der Waals surface area contributed by atoms with Gasteiger partial charge in [-0.1, -0.05) is 0 Å². The summed E-state index contributed by atoms with van der Waals surface area (Å²) in [6.07, 6.45) is 0. The maximum atomic E-state index is 11.0. The minimum Gasteiger partial charge on any atom is -0.480 e. The molecule has 6 nitrogen and oxygen atoms in total. The van der Waals surface area contributed by atoms with Gasteiger partial charge >= 0.3 is 12.0 Å². The van der Waals surface area contributed by atoms with Crippen molar-refractivity contribution in [2.75, 3.05) is 6.54 Å². The Kier molecular flexibility index (Phi) is 3.73. The van der Waals surface area contributed by atoms with E-state index in [1.54, 1.807) is 19.1 Å². The molecule has 0 saturated carbocycles. The first-order chi connectivity index (χ1) is 7.08.